The lowest BCUT2D eigenvalue weighted by Crippen LogP contribution is -2.54. The van der Waals surface area contributed by atoms with E-state index in [1.54, 1.807) is 31.2 Å². The third kappa shape index (κ3) is 3.74. The SMILES string of the molecule is CC1CS(=O)(=O)CCN1C(C)C(=O)Nc1ccccc1N. The number of hydrogen-bond donors (Lipinski definition) is 2. The van der Waals surface area contributed by atoms with Gasteiger partial charge in [0.05, 0.1) is 28.9 Å². The van der Waals surface area contributed by atoms with Gasteiger partial charge in [0.2, 0.25) is 5.91 Å². The van der Waals surface area contributed by atoms with E-state index >= 15 is 0 Å². The molecule has 1 aliphatic heterocycles. The lowest BCUT2D eigenvalue weighted by atomic mass is 10.2. The second kappa shape index (κ2) is 6.03. The standard InChI is InChI=1S/C14H21N3O3S/c1-10-9-21(19,20)8-7-17(10)11(2)14(18)16-13-6-4-3-5-12(13)15/h3-6,10-11H,7-9,15H2,1-2H3,(H,16,18). The lowest BCUT2D eigenvalue weighted by molar-refractivity contribution is -0.121. The van der Waals surface area contributed by atoms with Crippen LogP contribution in [0.2, 0.25) is 0 Å². The third-order valence-electron chi connectivity index (χ3n) is 3.82. The Balaban J connectivity index is 2.05. The topological polar surface area (TPSA) is 92.5 Å². The largest absolute Gasteiger partial charge is 0.397 e. The van der Waals surface area contributed by atoms with Crippen LogP contribution in [0.4, 0.5) is 11.4 Å². The van der Waals surface area contributed by atoms with Gasteiger partial charge in [0.1, 0.15) is 0 Å². The number of nitrogens with zero attached hydrogens (tertiary/aromatic N) is 1. The van der Waals surface area contributed by atoms with Crippen molar-refractivity contribution in [1.29, 1.82) is 0 Å². The van der Waals surface area contributed by atoms with Crippen LogP contribution in [-0.4, -0.2) is 49.4 Å². The van der Waals surface area contributed by atoms with E-state index in [-0.39, 0.29) is 23.5 Å². The fourth-order valence-corrected chi connectivity index (χ4v) is 4.17. The number of carbonyl (C=O) groups is 1. The van der Waals surface area contributed by atoms with Gasteiger partial charge in [-0.2, -0.15) is 0 Å². The van der Waals surface area contributed by atoms with Crippen molar-refractivity contribution in [3.8, 4) is 0 Å². The zero-order valence-corrected chi connectivity index (χ0v) is 13.1. The number of amides is 1. The maximum absolute atomic E-state index is 12.3. The monoisotopic (exact) mass is 311 g/mol. The summed E-state index contributed by atoms with van der Waals surface area (Å²) < 4.78 is 23.2. The van der Waals surface area contributed by atoms with Gasteiger partial charge in [-0.3, -0.25) is 9.69 Å². The maximum Gasteiger partial charge on any atom is 0.241 e. The average molecular weight is 311 g/mol. The molecule has 116 valence electrons. The minimum Gasteiger partial charge on any atom is -0.397 e. The first-order valence-electron chi connectivity index (χ1n) is 6.92. The van der Waals surface area contributed by atoms with Gasteiger partial charge in [0.15, 0.2) is 9.84 Å². The number of benzene rings is 1. The van der Waals surface area contributed by atoms with E-state index in [1.165, 1.54) is 0 Å². The highest BCUT2D eigenvalue weighted by molar-refractivity contribution is 7.91. The molecule has 2 unspecified atom stereocenters. The van der Waals surface area contributed by atoms with E-state index in [4.69, 9.17) is 5.73 Å². The molecule has 2 atom stereocenters. The first-order valence-corrected chi connectivity index (χ1v) is 8.74. The van der Waals surface area contributed by atoms with Crippen LogP contribution in [0.5, 0.6) is 0 Å². The number of nitrogen functional groups attached to an aromatic ring is 1. The number of carbonyl (C=O) groups excluding carboxylic acids is 1. The minimum atomic E-state index is -2.98. The smallest absolute Gasteiger partial charge is 0.241 e. The number of hydrogen-bond acceptors (Lipinski definition) is 5. The predicted octanol–water partition coefficient (Wildman–Crippen LogP) is 0.715. The van der Waals surface area contributed by atoms with Gasteiger partial charge in [-0.1, -0.05) is 12.1 Å². The van der Waals surface area contributed by atoms with Gasteiger partial charge in [0, 0.05) is 12.6 Å². The van der Waals surface area contributed by atoms with Gasteiger partial charge in [-0.05, 0) is 26.0 Å². The molecule has 1 amide bonds. The second-order valence-corrected chi connectivity index (χ2v) is 7.68. The maximum atomic E-state index is 12.3. The van der Waals surface area contributed by atoms with E-state index in [1.807, 2.05) is 11.8 Å². The van der Waals surface area contributed by atoms with Crippen molar-refractivity contribution < 1.29 is 13.2 Å². The summed E-state index contributed by atoms with van der Waals surface area (Å²) in [4.78, 5) is 14.2. The molecule has 7 heteroatoms. The molecular weight excluding hydrogens is 290 g/mol. The van der Waals surface area contributed by atoms with Crippen LogP contribution in [-0.2, 0) is 14.6 Å². The Morgan fingerprint density at radius 3 is 2.71 bits per heavy atom. The summed E-state index contributed by atoms with van der Waals surface area (Å²) in [6.07, 6.45) is 0. The Bertz CT molecular complexity index is 630. The predicted molar refractivity (Wildman–Crippen MR) is 83.8 cm³/mol. The number of nitrogens with two attached hydrogens (primary N) is 1. The molecule has 0 aromatic heterocycles. The van der Waals surface area contributed by atoms with Crippen molar-refractivity contribution in [3.05, 3.63) is 24.3 Å². The van der Waals surface area contributed by atoms with Crippen molar-refractivity contribution in [1.82, 2.24) is 4.90 Å². The van der Waals surface area contributed by atoms with Gasteiger partial charge < -0.3 is 11.1 Å². The van der Waals surface area contributed by atoms with Crippen LogP contribution in [0.15, 0.2) is 24.3 Å². The van der Waals surface area contributed by atoms with Crippen LogP contribution < -0.4 is 11.1 Å². The van der Waals surface area contributed by atoms with Crippen LogP contribution in [0, 0.1) is 0 Å². The van der Waals surface area contributed by atoms with E-state index in [0.29, 0.717) is 17.9 Å². The zero-order chi connectivity index (χ0) is 15.6. The highest BCUT2D eigenvalue weighted by Crippen LogP contribution is 2.19. The summed E-state index contributed by atoms with van der Waals surface area (Å²) in [7, 11) is -2.98. The number of para-hydroxylation sites is 2. The first-order chi connectivity index (χ1) is 9.80. The molecule has 0 spiro atoms. The number of sulfone groups is 1. The van der Waals surface area contributed by atoms with Gasteiger partial charge in [-0.15, -0.1) is 0 Å². The fraction of sp³-hybridized carbons (Fsp3) is 0.500. The van der Waals surface area contributed by atoms with Crippen LogP contribution in [0.3, 0.4) is 0 Å². The minimum absolute atomic E-state index is 0.0953. The summed E-state index contributed by atoms with van der Waals surface area (Å²) in [5, 5.41) is 2.79. The number of nitrogens with one attached hydrogen (secondary N) is 1. The molecule has 3 N–H and O–H groups in total. The van der Waals surface area contributed by atoms with E-state index < -0.39 is 15.9 Å². The molecule has 1 aromatic rings. The quantitative estimate of drug-likeness (QED) is 0.802. The molecule has 6 nitrogen and oxygen atoms in total. The van der Waals surface area contributed by atoms with Crippen molar-refractivity contribution in [2.45, 2.75) is 25.9 Å². The Kier molecular flexibility index (Phi) is 4.53. The summed E-state index contributed by atoms with van der Waals surface area (Å²) in [6, 6.07) is 6.48. The van der Waals surface area contributed by atoms with Gasteiger partial charge in [0.25, 0.3) is 0 Å². The highest BCUT2D eigenvalue weighted by Gasteiger charge is 2.33. The summed E-state index contributed by atoms with van der Waals surface area (Å²) in [6.45, 7) is 3.99. The normalized spacial score (nSPS) is 23.4. The van der Waals surface area contributed by atoms with Crippen LogP contribution in [0.1, 0.15) is 13.8 Å². The molecule has 0 saturated carbocycles. The van der Waals surface area contributed by atoms with Crippen molar-refractivity contribution in [2.24, 2.45) is 0 Å². The molecule has 0 bridgehead atoms. The lowest BCUT2D eigenvalue weighted by Gasteiger charge is -2.36. The van der Waals surface area contributed by atoms with E-state index in [9.17, 15) is 13.2 Å². The molecule has 1 aromatic carbocycles. The van der Waals surface area contributed by atoms with E-state index in [2.05, 4.69) is 5.32 Å². The van der Waals surface area contributed by atoms with Gasteiger partial charge in [-0.25, -0.2) is 8.42 Å². The first kappa shape index (κ1) is 15.8. The molecule has 21 heavy (non-hydrogen) atoms. The van der Waals surface area contributed by atoms with E-state index in [0.717, 1.165) is 0 Å². The third-order valence-corrected chi connectivity index (χ3v) is 5.61. The highest BCUT2D eigenvalue weighted by atomic mass is 32.2. The molecule has 0 radical (unpaired) electrons. The second-order valence-electron chi connectivity index (χ2n) is 5.45. The molecular formula is C14H21N3O3S. The molecule has 2 rings (SSSR count). The van der Waals surface area contributed by atoms with Crippen LogP contribution in [0.25, 0.3) is 0 Å². The average Bonchev–Trinajstić information content (AvgIpc) is 2.39. The van der Waals surface area contributed by atoms with Crippen molar-refractivity contribution in [2.75, 3.05) is 29.1 Å². The number of rotatable bonds is 3. The molecule has 0 aliphatic carbocycles. The Labute approximate surface area is 125 Å². The summed E-state index contributed by atoms with van der Waals surface area (Å²) in [5.41, 5.74) is 6.89. The fourth-order valence-electron chi connectivity index (χ4n) is 2.59. The Morgan fingerprint density at radius 2 is 2.10 bits per heavy atom. The summed E-state index contributed by atoms with van der Waals surface area (Å²) >= 11 is 0. The van der Waals surface area contributed by atoms with Crippen LogP contribution >= 0.6 is 0 Å². The van der Waals surface area contributed by atoms with Gasteiger partial charge >= 0.3 is 0 Å². The van der Waals surface area contributed by atoms with Crippen molar-refractivity contribution in [3.63, 3.8) is 0 Å². The number of anilines is 2. The Hall–Kier alpha value is -1.60. The molecule has 1 aliphatic rings. The molecule has 1 fully saturated rings. The summed E-state index contributed by atoms with van der Waals surface area (Å²) in [5.74, 6) is 0.0135. The molecule has 1 saturated heterocycles. The zero-order valence-electron chi connectivity index (χ0n) is 12.2. The molecule has 1 heterocycles. The van der Waals surface area contributed by atoms with Crippen molar-refractivity contribution >= 4 is 27.1 Å². The Morgan fingerprint density at radius 1 is 1.43 bits per heavy atom.